The van der Waals surface area contributed by atoms with Crippen LogP contribution in [0.15, 0.2) is 54.6 Å². The van der Waals surface area contributed by atoms with Gasteiger partial charge in [0.1, 0.15) is 6.04 Å². The summed E-state index contributed by atoms with van der Waals surface area (Å²) >= 11 is 0. The van der Waals surface area contributed by atoms with E-state index in [4.69, 9.17) is 0 Å². The van der Waals surface area contributed by atoms with Gasteiger partial charge in [-0.3, -0.25) is 10.1 Å². The molecule has 5 nitrogen and oxygen atoms in total. The summed E-state index contributed by atoms with van der Waals surface area (Å²) in [7, 11) is 0. The summed E-state index contributed by atoms with van der Waals surface area (Å²) in [5, 5.41) is 7.07. The Morgan fingerprint density at radius 1 is 0.963 bits per heavy atom. The molecular formula is C22H30N3O2+. The van der Waals surface area contributed by atoms with Gasteiger partial charge in [0.2, 0.25) is 0 Å². The number of nitrogens with two attached hydrogens (primary N) is 1. The number of hydrogen-bond acceptors (Lipinski definition) is 2. The largest absolute Gasteiger partial charge is 0.338 e. The number of nitrogens with one attached hydrogen (secondary N) is 2. The Hall–Kier alpha value is -2.66. The van der Waals surface area contributed by atoms with Crippen LogP contribution in [0.5, 0.6) is 0 Å². The molecule has 144 valence electrons. The first-order valence-electron chi connectivity index (χ1n) is 9.48. The molecule has 0 saturated carbocycles. The number of carbonyl (C=O) groups excluding carboxylic acids is 2. The maximum Gasteiger partial charge on any atom is 0.321 e. The van der Waals surface area contributed by atoms with Gasteiger partial charge in [0.25, 0.3) is 5.91 Å². The standard InChI is InChI=1S/C22H29N3O2/c1-16(2)13-14-23-22(27)25-20(26)15-24-21(18-7-5-4-6-8-18)19-11-9-17(3)10-12-19/h4-12,16,21,24H,13-15H2,1-3H3,(H2,23,25,26,27)/p+1/t21-/m1/s1. The van der Waals surface area contributed by atoms with Crippen molar-refractivity contribution in [2.24, 2.45) is 5.92 Å². The number of quaternary nitrogens is 1. The van der Waals surface area contributed by atoms with Crippen LogP contribution < -0.4 is 16.0 Å². The molecule has 2 rings (SSSR count). The minimum absolute atomic E-state index is 0.00144. The fourth-order valence-electron chi connectivity index (χ4n) is 2.82. The van der Waals surface area contributed by atoms with Crippen molar-refractivity contribution in [2.75, 3.05) is 13.1 Å². The lowest BCUT2D eigenvalue weighted by atomic mass is 9.98. The van der Waals surface area contributed by atoms with Crippen molar-refractivity contribution in [2.45, 2.75) is 33.2 Å². The Bertz CT molecular complexity index is 727. The maximum atomic E-state index is 12.2. The van der Waals surface area contributed by atoms with Gasteiger partial charge in [-0.25, -0.2) is 4.79 Å². The van der Waals surface area contributed by atoms with Crippen LogP contribution in [-0.2, 0) is 4.79 Å². The van der Waals surface area contributed by atoms with Crippen molar-refractivity contribution in [1.29, 1.82) is 0 Å². The zero-order valence-corrected chi connectivity index (χ0v) is 16.4. The molecule has 0 aliphatic carbocycles. The van der Waals surface area contributed by atoms with Crippen LogP contribution in [0.2, 0.25) is 0 Å². The fraction of sp³-hybridized carbons (Fsp3) is 0.364. The first-order valence-corrected chi connectivity index (χ1v) is 9.48. The topological polar surface area (TPSA) is 74.8 Å². The number of rotatable bonds is 8. The number of benzene rings is 2. The predicted molar refractivity (Wildman–Crippen MR) is 107 cm³/mol. The van der Waals surface area contributed by atoms with Crippen LogP contribution in [-0.4, -0.2) is 25.0 Å². The lowest BCUT2D eigenvalue weighted by molar-refractivity contribution is -0.676. The average molecular weight is 369 g/mol. The molecule has 4 N–H and O–H groups in total. The number of carbonyl (C=O) groups is 2. The predicted octanol–water partition coefficient (Wildman–Crippen LogP) is 2.52. The van der Waals surface area contributed by atoms with Crippen molar-refractivity contribution >= 4 is 11.9 Å². The van der Waals surface area contributed by atoms with Crippen LogP contribution in [0.25, 0.3) is 0 Å². The molecular weight excluding hydrogens is 338 g/mol. The first kappa shape index (κ1) is 20.6. The zero-order chi connectivity index (χ0) is 19.6. The van der Waals surface area contributed by atoms with E-state index in [1.165, 1.54) is 5.56 Å². The van der Waals surface area contributed by atoms with E-state index in [1.807, 2.05) is 23.5 Å². The van der Waals surface area contributed by atoms with Crippen molar-refractivity contribution < 1.29 is 14.9 Å². The van der Waals surface area contributed by atoms with Crippen molar-refractivity contribution in [3.63, 3.8) is 0 Å². The van der Waals surface area contributed by atoms with Gasteiger partial charge in [-0.1, -0.05) is 74.0 Å². The van der Waals surface area contributed by atoms with Crippen LogP contribution in [0.3, 0.4) is 0 Å². The Morgan fingerprint density at radius 2 is 1.59 bits per heavy atom. The van der Waals surface area contributed by atoms with E-state index in [1.54, 1.807) is 0 Å². The van der Waals surface area contributed by atoms with Crippen molar-refractivity contribution in [3.05, 3.63) is 71.3 Å². The molecule has 27 heavy (non-hydrogen) atoms. The third-order valence-corrected chi connectivity index (χ3v) is 4.39. The smallest absolute Gasteiger partial charge is 0.321 e. The first-order chi connectivity index (χ1) is 13.0. The molecule has 0 spiro atoms. The van der Waals surface area contributed by atoms with Gasteiger partial charge in [0.15, 0.2) is 6.54 Å². The van der Waals surface area contributed by atoms with E-state index >= 15 is 0 Å². The quantitative estimate of drug-likeness (QED) is 0.670. The molecule has 2 aromatic rings. The third-order valence-electron chi connectivity index (χ3n) is 4.39. The van der Waals surface area contributed by atoms with Crippen LogP contribution in [0.4, 0.5) is 4.79 Å². The minimum atomic E-state index is -0.430. The molecule has 0 radical (unpaired) electrons. The molecule has 3 amide bonds. The summed E-state index contributed by atoms with van der Waals surface area (Å²) in [5.74, 6) is 0.209. The van der Waals surface area contributed by atoms with E-state index < -0.39 is 6.03 Å². The van der Waals surface area contributed by atoms with Crippen LogP contribution in [0.1, 0.15) is 43.0 Å². The molecule has 0 saturated heterocycles. The van der Waals surface area contributed by atoms with Gasteiger partial charge in [0.05, 0.1) is 0 Å². The molecule has 0 aromatic heterocycles. The van der Waals surface area contributed by atoms with Gasteiger partial charge in [-0.05, 0) is 19.3 Å². The number of urea groups is 1. The lowest BCUT2D eigenvalue weighted by Gasteiger charge is -2.17. The molecule has 0 aliphatic rings. The monoisotopic (exact) mass is 368 g/mol. The van der Waals surface area contributed by atoms with E-state index in [0.717, 1.165) is 17.5 Å². The summed E-state index contributed by atoms with van der Waals surface area (Å²) in [4.78, 5) is 24.0. The molecule has 0 fully saturated rings. The number of imide groups is 1. The second kappa shape index (κ2) is 10.5. The summed E-state index contributed by atoms with van der Waals surface area (Å²) in [6.07, 6.45) is 0.886. The molecule has 0 aliphatic heterocycles. The average Bonchev–Trinajstić information content (AvgIpc) is 2.64. The Balaban J connectivity index is 1.95. The van der Waals surface area contributed by atoms with Gasteiger partial charge < -0.3 is 10.6 Å². The highest BCUT2D eigenvalue weighted by Gasteiger charge is 2.19. The van der Waals surface area contributed by atoms with Gasteiger partial charge in [-0.2, -0.15) is 0 Å². The van der Waals surface area contributed by atoms with Gasteiger partial charge in [-0.15, -0.1) is 0 Å². The van der Waals surface area contributed by atoms with Gasteiger partial charge in [0, 0.05) is 17.7 Å². The summed E-state index contributed by atoms with van der Waals surface area (Å²) in [6.45, 7) is 6.97. The van der Waals surface area contributed by atoms with Crippen molar-refractivity contribution in [3.8, 4) is 0 Å². The van der Waals surface area contributed by atoms with E-state index in [9.17, 15) is 9.59 Å². The van der Waals surface area contributed by atoms with Crippen molar-refractivity contribution in [1.82, 2.24) is 10.6 Å². The minimum Gasteiger partial charge on any atom is -0.338 e. The maximum absolute atomic E-state index is 12.2. The highest BCUT2D eigenvalue weighted by Crippen LogP contribution is 2.18. The lowest BCUT2D eigenvalue weighted by Crippen LogP contribution is -2.88. The highest BCUT2D eigenvalue weighted by molar-refractivity contribution is 5.94. The molecule has 0 unspecified atom stereocenters. The number of aryl methyl sites for hydroxylation is 1. The second-order valence-electron chi connectivity index (χ2n) is 7.23. The van der Waals surface area contributed by atoms with E-state index in [-0.39, 0.29) is 18.5 Å². The summed E-state index contributed by atoms with van der Waals surface area (Å²) in [6, 6.07) is 17.9. The molecule has 5 heteroatoms. The van der Waals surface area contributed by atoms with E-state index in [2.05, 4.69) is 67.8 Å². The van der Waals surface area contributed by atoms with Crippen LogP contribution >= 0.6 is 0 Å². The van der Waals surface area contributed by atoms with Crippen LogP contribution in [0, 0.1) is 12.8 Å². The molecule has 1 atom stereocenters. The molecule has 0 heterocycles. The number of hydrogen-bond donors (Lipinski definition) is 3. The number of amides is 3. The summed E-state index contributed by atoms with van der Waals surface area (Å²) < 4.78 is 0. The third kappa shape index (κ3) is 7.23. The van der Waals surface area contributed by atoms with E-state index in [0.29, 0.717) is 12.5 Å². The second-order valence-corrected chi connectivity index (χ2v) is 7.23. The fourth-order valence-corrected chi connectivity index (χ4v) is 2.82. The Morgan fingerprint density at radius 3 is 2.22 bits per heavy atom. The summed E-state index contributed by atoms with van der Waals surface area (Å²) in [5.41, 5.74) is 3.44. The Labute approximate surface area is 161 Å². The normalized spacial score (nSPS) is 11.9. The highest BCUT2D eigenvalue weighted by atomic mass is 16.2. The molecule has 0 bridgehead atoms. The Kier molecular flexibility index (Phi) is 8.01. The SMILES string of the molecule is Cc1ccc([C@H]([NH2+]CC(=O)NC(=O)NCCC(C)C)c2ccccc2)cc1. The zero-order valence-electron chi connectivity index (χ0n) is 16.4. The molecule has 2 aromatic carbocycles. The van der Waals surface area contributed by atoms with Gasteiger partial charge >= 0.3 is 6.03 Å².